The Morgan fingerprint density at radius 1 is 1.23 bits per heavy atom. The normalized spacial score (nSPS) is 20.0. The maximum Gasteiger partial charge on any atom is 0.260 e. The van der Waals surface area contributed by atoms with Crippen LogP contribution in [0.3, 0.4) is 0 Å². The molecule has 2 aromatic rings. The number of furan rings is 1. The number of piperidine rings is 1. The number of rotatable bonds is 4. The predicted octanol–water partition coefficient (Wildman–Crippen LogP) is 2.41. The number of nitrogens with zero attached hydrogens (tertiary/aromatic N) is 1. The zero-order valence-electron chi connectivity index (χ0n) is 14.8. The Hall–Kier alpha value is -2.50. The maximum atomic E-state index is 12.4. The van der Waals surface area contributed by atoms with E-state index in [-0.39, 0.29) is 24.3 Å². The first-order valence-electron chi connectivity index (χ1n) is 9.36. The van der Waals surface area contributed by atoms with Gasteiger partial charge >= 0.3 is 0 Å². The van der Waals surface area contributed by atoms with Gasteiger partial charge in [0.1, 0.15) is 17.1 Å². The van der Waals surface area contributed by atoms with Crippen LogP contribution < -0.4 is 10.5 Å². The number of carbonyl (C=O) groups is 2. The number of likely N-dealkylation sites (tertiary alicyclic amines) is 1. The number of fused-ring (bicyclic) bond motifs is 3. The molecule has 138 valence electrons. The zero-order chi connectivity index (χ0) is 18.1. The first-order valence-corrected chi connectivity index (χ1v) is 9.36. The molecular weight excluding hydrogens is 332 g/mol. The van der Waals surface area contributed by atoms with Crippen LogP contribution in [0, 0.1) is 5.92 Å². The molecule has 2 amide bonds. The van der Waals surface area contributed by atoms with Crippen LogP contribution in [0.2, 0.25) is 0 Å². The third-order valence-electron chi connectivity index (χ3n) is 5.47. The summed E-state index contributed by atoms with van der Waals surface area (Å²) < 4.78 is 11.7. The second kappa shape index (κ2) is 7.02. The predicted molar refractivity (Wildman–Crippen MR) is 96.8 cm³/mol. The number of ether oxygens (including phenoxy) is 1. The summed E-state index contributed by atoms with van der Waals surface area (Å²) in [5.41, 5.74) is 7.54. The molecule has 2 N–H and O–H groups in total. The number of benzene rings is 1. The molecule has 1 fully saturated rings. The molecule has 26 heavy (non-hydrogen) atoms. The average molecular weight is 356 g/mol. The van der Waals surface area contributed by atoms with Gasteiger partial charge < -0.3 is 19.8 Å². The van der Waals surface area contributed by atoms with Gasteiger partial charge in [-0.15, -0.1) is 0 Å². The minimum Gasteiger partial charge on any atom is -0.484 e. The van der Waals surface area contributed by atoms with E-state index in [1.54, 1.807) is 4.90 Å². The number of aryl methyl sites for hydroxylation is 2. The summed E-state index contributed by atoms with van der Waals surface area (Å²) >= 11 is 0. The summed E-state index contributed by atoms with van der Waals surface area (Å²) in [7, 11) is 0. The summed E-state index contributed by atoms with van der Waals surface area (Å²) in [6.07, 6.45) is 5.93. The Morgan fingerprint density at radius 2 is 2.08 bits per heavy atom. The Bertz CT molecular complexity index is 842. The molecule has 1 saturated heterocycles. The van der Waals surface area contributed by atoms with E-state index >= 15 is 0 Å². The van der Waals surface area contributed by atoms with Crippen molar-refractivity contribution < 1.29 is 18.7 Å². The van der Waals surface area contributed by atoms with Gasteiger partial charge in [-0.1, -0.05) is 0 Å². The highest BCUT2D eigenvalue weighted by Gasteiger charge is 2.27. The van der Waals surface area contributed by atoms with Crippen molar-refractivity contribution in [1.82, 2.24) is 4.90 Å². The smallest absolute Gasteiger partial charge is 0.260 e. The van der Waals surface area contributed by atoms with Crippen molar-refractivity contribution in [2.24, 2.45) is 11.7 Å². The molecule has 6 heteroatoms. The fraction of sp³-hybridized carbons (Fsp3) is 0.500. The van der Waals surface area contributed by atoms with E-state index in [1.165, 1.54) is 18.4 Å². The van der Waals surface area contributed by atoms with Gasteiger partial charge in [0.15, 0.2) is 6.61 Å². The van der Waals surface area contributed by atoms with Crippen LogP contribution in [0.25, 0.3) is 11.0 Å². The van der Waals surface area contributed by atoms with Gasteiger partial charge in [-0.2, -0.15) is 0 Å². The second-order valence-electron chi connectivity index (χ2n) is 7.24. The van der Waals surface area contributed by atoms with Crippen LogP contribution in [0.5, 0.6) is 5.75 Å². The van der Waals surface area contributed by atoms with Gasteiger partial charge in [-0.05, 0) is 50.3 Å². The van der Waals surface area contributed by atoms with Crippen molar-refractivity contribution in [1.29, 1.82) is 0 Å². The Kier molecular flexibility index (Phi) is 4.57. The minimum absolute atomic E-state index is 0.0307. The van der Waals surface area contributed by atoms with Crippen molar-refractivity contribution in [2.45, 2.75) is 38.5 Å². The fourth-order valence-electron chi connectivity index (χ4n) is 4.00. The fourth-order valence-corrected chi connectivity index (χ4v) is 4.00. The van der Waals surface area contributed by atoms with E-state index in [0.29, 0.717) is 18.8 Å². The van der Waals surface area contributed by atoms with Crippen LogP contribution >= 0.6 is 0 Å². The lowest BCUT2D eigenvalue weighted by Gasteiger charge is -2.31. The van der Waals surface area contributed by atoms with Gasteiger partial charge in [0.05, 0.1) is 5.92 Å². The van der Waals surface area contributed by atoms with Crippen molar-refractivity contribution in [2.75, 3.05) is 19.7 Å². The molecule has 1 aromatic heterocycles. The quantitative estimate of drug-likeness (QED) is 0.911. The highest BCUT2D eigenvalue weighted by molar-refractivity contribution is 5.84. The Morgan fingerprint density at radius 3 is 2.92 bits per heavy atom. The number of carbonyl (C=O) groups excluding carboxylic acids is 2. The molecule has 0 radical (unpaired) electrons. The molecule has 0 spiro atoms. The maximum absolute atomic E-state index is 12.4. The van der Waals surface area contributed by atoms with E-state index < -0.39 is 0 Å². The standard InChI is InChI=1S/C20H24N2O4/c21-20(24)13-4-3-9-22(11-13)19(23)12-25-14-7-8-18-16(10-14)15-5-1-2-6-17(15)26-18/h7-8,10,13H,1-6,9,11-12H2,(H2,21,24)/t13-/m0/s1. The van der Waals surface area contributed by atoms with Gasteiger partial charge in [-0.3, -0.25) is 9.59 Å². The molecule has 0 bridgehead atoms. The molecule has 1 atom stereocenters. The van der Waals surface area contributed by atoms with Crippen LogP contribution in [-0.4, -0.2) is 36.4 Å². The van der Waals surface area contributed by atoms with E-state index in [9.17, 15) is 9.59 Å². The third-order valence-corrected chi connectivity index (χ3v) is 5.47. The van der Waals surface area contributed by atoms with Gasteiger partial charge in [0.2, 0.25) is 5.91 Å². The van der Waals surface area contributed by atoms with Crippen molar-refractivity contribution in [3.05, 3.63) is 29.5 Å². The SMILES string of the molecule is NC(=O)[C@H]1CCCN(C(=O)COc2ccc3oc4c(c3c2)CCCC4)C1. The molecule has 4 rings (SSSR count). The summed E-state index contributed by atoms with van der Waals surface area (Å²) in [6.45, 7) is 1.02. The van der Waals surface area contributed by atoms with Crippen LogP contribution in [0.4, 0.5) is 0 Å². The highest BCUT2D eigenvalue weighted by atomic mass is 16.5. The summed E-state index contributed by atoms with van der Waals surface area (Å²) in [4.78, 5) is 25.5. The van der Waals surface area contributed by atoms with Crippen molar-refractivity contribution in [3.8, 4) is 5.75 Å². The van der Waals surface area contributed by atoms with E-state index in [2.05, 4.69) is 0 Å². The van der Waals surface area contributed by atoms with Crippen LogP contribution in [0.1, 0.15) is 37.0 Å². The second-order valence-corrected chi connectivity index (χ2v) is 7.24. The zero-order valence-corrected chi connectivity index (χ0v) is 14.8. The molecule has 6 nitrogen and oxygen atoms in total. The van der Waals surface area contributed by atoms with Crippen molar-refractivity contribution in [3.63, 3.8) is 0 Å². The first kappa shape index (κ1) is 16.9. The van der Waals surface area contributed by atoms with Gasteiger partial charge in [0, 0.05) is 30.5 Å². The summed E-state index contributed by atoms with van der Waals surface area (Å²) in [5.74, 6) is 1.07. The first-order chi connectivity index (χ1) is 12.6. The van der Waals surface area contributed by atoms with E-state index in [1.807, 2.05) is 18.2 Å². The van der Waals surface area contributed by atoms with E-state index in [0.717, 1.165) is 42.4 Å². The third kappa shape index (κ3) is 3.28. The summed E-state index contributed by atoms with van der Waals surface area (Å²) in [5, 5.41) is 1.09. The molecule has 1 aliphatic heterocycles. The molecule has 2 heterocycles. The van der Waals surface area contributed by atoms with Crippen LogP contribution in [0.15, 0.2) is 22.6 Å². The Labute approximate surface area is 152 Å². The topological polar surface area (TPSA) is 85.8 Å². The number of primary amides is 1. The molecular formula is C20H24N2O4. The summed E-state index contributed by atoms with van der Waals surface area (Å²) in [6, 6.07) is 5.73. The largest absolute Gasteiger partial charge is 0.484 e. The average Bonchev–Trinajstić information content (AvgIpc) is 3.04. The monoisotopic (exact) mass is 356 g/mol. The highest BCUT2D eigenvalue weighted by Crippen LogP contribution is 2.34. The van der Waals surface area contributed by atoms with Gasteiger partial charge in [0.25, 0.3) is 5.91 Å². The number of hydrogen-bond acceptors (Lipinski definition) is 4. The number of hydrogen-bond donors (Lipinski definition) is 1. The molecule has 1 aromatic carbocycles. The lowest BCUT2D eigenvalue weighted by molar-refractivity contribution is -0.136. The van der Waals surface area contributed by atoms with E-state index in [4.69, 9.17) is 14.9 Å². The van der Waals surface area contributed by atoms with Crippen LogP contribution in [-0.2, 0) is 22.4 Å². The Balaban J connectivity index is 1.42. The number of nitrogens with two attached hydrogens (primary N) is 1. The molecule has 1 aliphatic carbocycles. The molecule has 0 unspecified atom stereocenters. The minimum atomic E-state index is -0.335. The van der Waals surface area contributed by atoms with Crippen molar-refractivity contribution >= 4 is 22.8 Å². The van der Waals surface area contributed by atoms with Gasteiger partial charge in [-0.25, -0.2) is 0 Å². The number of amides is 2. The molecule has 2 aliphatic rings. The lowest BCUT2D eigenvalue weighted by Crippen LogP contribution is -2.45. The molecule has 0 saturated carbocycles. The lowest BCUT2D eigenvalue weighted by atomic mass is 9.96.